The molecule has 0 spiro atoms. The number of urea groups is 1. The van der Waals surface area contributed by atoms with Gasteiger partial charge in [0.25, 0.3) is 0 Å². The standard InChI is InChI=1S/C19H29N3O2/c1-15(2)9-12-22(13-10-16(3)4)19(23)21-17-5-7-18(8-6-17)24-14-11-20/h5-8,15-16H,9-10,12-14H2,1-4H3,(H,21,23). The van der Waals surface area contributed by atoms with Gasteiger partial charge in [0.15, 0.2) is 6.61 Å². The van der Waals surface area contributed by atoms with Gasteiger partial charge in [-0.1, -0.05) is 27.7 Å². The van der Waals surface area contributed by atoms with E-state index in [4.69, 9.17) is 10.00 Å². The zero-order valence-electron chi connectivity index (χ0n) is 15.2. The molecule has 0 unspecified atom stereocenters. The van der Waals surface area contributed by atoms with Crippen molar-refractivity contribution in [1.29, 1.82) is 5.26 Å². The molecule has 5 nitrogen and oxygen atoms in total. The van der Waals surface area contributed by atoms with E-state index in [0.717, 1.165) is 31.6 Å². The Balaban J connectivity index is 2.63. The second-order valence-corrected chi connectivity index (χ2v) is 6.75. The van der Waals surface area contributed by atoms with Crippen LogP contribution in [0.15, 0.2) is 24.3 Å². The first-order valence-corrected chi connectivity index (χ1v) is 8.58. The van der Waals surface area contributed by atoms with E-state index in [-0.39, 0.29) is 12.6 Å². The van der Waals surface area contributed by atoms with Gasteiger partial charge in [0.2, 0.25) is 0 Å². The van der Waals surface area contributed by atoms with E-state index in [0.29, 0.717) is 17.6 Å². The maximum Gasteiger partial charge on any atom is 0.321 e. The zero-order chi connectivity index (χ0) is 17.9. The van der Waals surface area contributed by atoms with Gasteiger partial charge >= 0.3 is 6.03 Å². The number of carbonyl (C=O) groups excluding carboxylic acids is 1. The number of hydrogen-bond acceptors (Lipinski definition) is 3. The molecular formula is C19H29N3O2. The van der Waals surface area contributed by atoms with Crippen LogP contribution in [0.1, 0.15) is 40.5 Å². The summed E-state index contributed by atoms with van der Waals surface area (Å²) in [5, 5.41) is 11.4. The van der Waals surface area contributed by atoms with Crippen LogP contribution in [0.25, 0.3) is 0 Å². The maximum atomic E-state index is 12.5. The monoisotopic (exact) mass is 331 g/mol. The van der Waals surface area contributed by atoms with E-state index in [1.54, 1.807) is 24.3 Å². The molecule has 0 radical (unpaired) electrons. The summed E-state index contributed by atoms with van der Waals surface area (Å²) in [6, 6.07) is 8.93. The smallest absolute Gasteiger partial charge is 0.321 e. The Kier molecular flexibility index (Phi) is 8.70. The molecule has 0 aliphatic heterocycles. The normalized spacial score (nSPS) is 10.5. The van der Waals surface area contributed by atoms with Crippen molar-refractivity contribution in [3.05, 3.63) is 24.3 Å². The number of amides is 2. The number of rotatable bonds is 9. The van der Waals surface area contributed by atoms with E-state index in [1.807, 2.05) is 11.0 Å². The van der Waals surface area contributed by atoms with E-state index in [9.17, 15) is 4.79 Å². The Morgan fingerprint density at radius 2 is 1.67 bits per heavy atom. The van der Waals surface area contributed by atoms with Gasteiger partial charge < -0.3 is 15.0 Å². The summed E-state index contributed by atoms with van der Waals surface area (Å²) in [6.07, 6.45) is 1.99. The van der Waals surface area contributed by atoms with Crippen LogP contribution in [-0.2, 0) is 0 Å². The molecule has 0 aromatic heterocycles. The first-order chi connectivity index (χ1) is 11.4. The van der Waals surface area contributed by atoms with Crippen LogP contribution in [0, 0.1) is 23.2 Å². The minimum atomic E-state index is -0.0676. The summed E-state index contributed by atoms with van der Waals surface area (Å²) in [4.78, 5) is 14.4. The molecule has 1 aromatic rings. The molecule has 0 aliphatic rings. The summed E-state index contributed by atoms with van der Waals surface area (Å²) in [5.41, 5.74) is 0.725. The van der Waals surface area contributed by atoms with Crippen LogP contribution < -0.4 is 10.1 Å². The van der Waals surface area contributed by atoms with Crippen molar-refractivity contribution in [1.82, 2.24) is 4.90 Å². The largest absolute Gasteiger partial charge is 0.479 e. The first kappa shape index (κ1) is 19.8. The van der Waals surface area contributed by atoms with Gasteiger partial charge in [0, 0.05) is 18.8 Å². The molecule has 1 N–H and O–H groups in total. The van der Waals surface area contributed by atoms with Gasteiger partial charge in [0.1, 0.15) is 11.8 Å². The van der Waals surface area contributed by atoms with Gasteiger partial charge in [0.05, 0.1) is 0 Å². The van der Waals surface area contributed by atoms with Crippen molar-refractivity contribution in [3.63, 3.8) is 0 Å². The summed E-state index contributed by atoms with van der Waals surface area (Å²) in [7, 11) is 0. The molecule has 5 heteroatoms. The average Bonchev–Trinajstić information content (AvgIpc) is 2.53. The molecule has 0 aliphatic carbocycles. The number of nitriles is 1. The number of ether oxygens (including phenoxy) is 1. The van der Waals surface area contributed by atoms with E-state index < -0.39 is 0 Å². The van der Waals surface area contributed by atoms with Crippen molar-refractivity contribution in [2.24, 2.45) is 11.8 Å². The lowest BCUT2D eigenvalue weighted by Crippen LogP contribution is -2.37. The Morgan fingerprint density at radius 3 is 2.12 bits per heavy atom. The molecular weight excluding hydrogens is 302 g/mol. The molecule has 0 saturated heterocycles. The van der Waals surface area contributed by atoms with Gasteiger partial charge in [-0.15, -0.1) is 0 Å². The molecule has 0 atom stereocenters. The van der Waals surface area contributed by atoms with Gasteiger partial charge in [-0.2, -0.15) is 5.26 Å². The molecule has 1 rings (SSSR count). The summed E-state index contributed by atoms with van der Waals surface area (Å²) >= 11 is 0. The highest BCUT2D eigenvalue weighted by Gasteiger charge is 2.14. The highest BCUT2D eigenvalue weighted by Crippen LogP contribution is 2.16. The lowest BCUT2D eigenvalue weighted by molar-refractivity contribution is 0.205. The summed E-state index contributed by atoms with van der Waals surface area (Å²) < 4.78 is 5.21. The molecule has 132 valence electrons. The third-order valence-corrected chi connectivity index (χ3v) is 3.65. The summed E-state index contributed by atoms with van der Waals surface area (Å²) in [5.74, 6) is 1.75. The molecule has 0 bridgehead atoms. The highest BCUT2D eigenvalue weighted by molar-refractivity contribution is 5.89. The molecule has 2 amide bonds. The lowest BCUT2D eigenvalue weighted by Gasteiger charge is -2.25. The number of nitrogens with one attached hydrogen (secondary N) is 1. The Bertz CT molecular complexity index is 521. The fourth-order valence-electron chi connectivity index (χ4n) is 2.10. The molecule has 0 fully saturated rings. The van der Waals surface area contributed by atoms with Crippen molar-refractivity contribution >= 4 is 11.7 Å². The second kappa shape index (κ2) is 10.5. The van der Waals surface area contributed by atoms with Crippen LogP contribution in [0.2, 0.25) is 0 Å². The van der Waals surface area contributed by atoms with Crippen LogP contribution in [0.5, 0.6) is 5.75 Å². The fourth-order valence-corrected chi connectivity index (χ4v) is 2.10. The quantitative estimate of drug-likeness (QED) is 0.723. The van der Waals surface area contributed by atoms with Crippen molar-refractivity contribution in [2.45, 2.75) is 40.5 Å². The number of anilines is 1. The first-order valence-electron chi connectivity index (χ1n) is 8.58. The van der Waals surface area contributed by atoms with Crippen LogP contribution in [-0.4, -0.2) is 30.6 Å². The molecule has 0 heterocycles. The second-order valence-electron chi connectivity index (χ2n) is 6.75. The SMILES string of the molecule is CC(C)CCN(CCC(C)C)C(=O)Nc1ccc(OCC#N)cc1. The molecule has 24 heavy (non-hydrogen) atoms. The van der Waals surface area contributed by atoms with E-state index in [1.165, 1.54) is 0 Å². The number of benzene rings is 1. The Labute approximate surface area is 145 Å². The predicted molar refractivity (Wildman–Crippen MR) is 97.1 cm³/mol. The van der Waals surface area contributed by atoms with Crippen LogP contribution >= 0.6 is 0 Å². The van der Waals surface area contributed by atoms with Crippen LogP contribution in [0.3, 0.4) is 0 Å². The molecule has 0 saturated carbocycles. The van der Waals surface area contributed by atoms with Crippen LogP contribution in [0.4, 0.5) is 10.5 Å². The van der Waals surface area contributed by atoms with Crippen molar-refractivity contribution in [3.8, 4) is 11.8 Å². The van der Waals surface area contributed by atoms with E-state index in [2.05, 4.69) is 33.0 Å². The number of hydrogen-bond donors (Lipinski definition) is 1. The number of nitrogens with zero attached hydrogens (tertiary/aromatic N) is 2. The van der Waals surface area contributed by atoms with Gasteiger partial charge in [-0.25, -0.2) is 4.79 Å². The third-order valence-electron chi connectivity index (χ3n) is 3.65. The summed E-state index contributed by atoms with van der Waals surface area (Å²) in [6.45, 7) is 10.2. The Morgan fingerprint density at radius 1 is 1.12 bits per heavy atom. The third kappa shape index (κ3) is 7.87. The topological polar surface area (TPSA) is 65.4 Å². The minimum Gasteiger partial charge on any atom is -0.479 e. The Hall–Kier alpha value is -2.22. The van der Waals surface area contributed by atoms with Gasteiger partial charge in [-0.05, 0) is 48.9 Å². The zero-order valence-corrected chi connectivity index (χ0v) is 15.2. The van der Waals surface area contributed by atoms with Gasteiger partial charge in [-0.3, -0.25) is 0 Å². The number of carbonyl (C=O) groups is 1. The maximum absolute atomic E-state index is 12.5. The fraction of sp³-hybridized carbons (Fsp3) is 0.579. The lowest BCUT2D eigenvalue weighted by atomic mass is 10.1. The van der Waals surface area contributed by atoms with Crippen molar-refractivity contribution < 1.29 is 9.53 Å². The average molecular weight is 331 g/mol. The molecule has 1 aromatic carbocycles. The predicted octanol–water partition coefficient (Wildman–Crippen LogP) is 4.52. The minimum absolute atomic E-state index is 0.0177. The van der Waals surface area contributed by atoms with E-state index >= 15 is 0 Å². The van der Waals surface area contributed by atoms with Crippen molar-refractivity contribution in [2.75, 3.05) is 25.0 Å². The highest BCUT2D eigenvalue weighted by atomic mass is 16.5.